The minimum Gasteiger partial charge on any atom is -0.487 e. The van der Waals surface area contributed by atoms with Crippen LogP contribution in [-0.2, 0) is 11.4 Å². The zero-order chi connectivity index (χ0) is 26.6. The number of benzene rings is 4. The number of aryl methyl sites for hydroxylation is 2. The van der Waals surface area contributed by atoms with Gasteiger partial charge in [0.25, 0.3) is 5.91 Å². The molecule has 0 aromatic heterocycles. The molecule has 0 radical (unpaired) electrons. The fourth-order valence-electron chi connectivity index (χ4n) is 3.86. The van der Waals surface area contributed by atoms with Gasteiger partial charge in [-0.2, -0.15) is 0 Å². The number of anilines is 1. The van der Waals surface area contributed by atoms with Gasteiger partial charge in [-0.15, -0.1) is 0 Å². The van der Waals surface area contributed by atoms with Crippen LogP contribution in [0.2, 0.25) is 10.0 Å². The normalized spacial score (nSPS) is 15.5. The summed E-state index contributed by atoms with van der Waals surface area (Å²) in [4.78, 5) is 20.6. The molecule has 38 heavy (non-hydrogen) atoms. The first-order valence-electron chi connectivity index (χ1n) is 12.0. The van der Waals surface area contributed by atoms with Gasteiger partial charge in [0.15, 0.2) is 5.17 Å². The Hall–Kier alpha value is -3.51. The molecule has 1 saturated heterocycles. The van der Waals surface area contributed by atoms with Crippen molar-refractivity contribution in [1.82, 2.24) is 0 Å². The maximum atomic E-state index is 13.6. The molecule has 4 aromatic carbocycles. The van der Waals surface area contributed by atoms with Gasteiger partial charge in [-0.3, -0.25) is 9.69 Å². The topological polar surface area (TPSA) is 41.9 Å². The number of aliphatic imine (C=N–C) groups is 1. The number of amides is 1. The first-order chi connectivity index (χ1) is 18.4. The Morgan fingerprint density at radius 3 is 2.29 bits per heavy atom. The molecule has 0 unspecified atom stereocenters. The molecule has 1 fully saturated rings. The molecule has 0 aliphatic carbocycles. The second-order valence-corrected chi connectivity index (χ2v) is 10.8. The summed E-state index contributed by atoms with van der Waals surface area (Å²) < 4.78 is 5.89. The van der Waals surface area contributed by atoms with Crippen LogP contribution in [0.1, 0.15) is 22.3 Å². The fraction of sp³-hybridized carbons (Fsp3) is 0.0968. The fourth-order valence-corrected chi connectivity index (χ4v) is 5.32. The lowest BCUT2D eigenvalue weighted by Gasteiger charge is -2.16. The molecule has 0 N–H and O–H groups in total. The van der Waals surface area contributed by atoms with E-state index in [0.29, 0.717) is 32.5 Å². The highest BCUT2D eigenvalue weighted by atomic mass is 35.5. The summed E-state index contributed by atoms with van der Waals surface area (Å²) in [5, 5.41) is 1.71. The predicted molar refractivity (Wildman–Crippen MR) is 160 cm³/mol. The molecule has 5 rings (SSSR count). The number of hydrogen-bond donors (Lipinski definition) is 0. The number of rotatable bonds is 6. The molecule has 190 valence electrons. The van der Waals surface area contributed by atoms with Gasteiger partial charge in [0.1, 0.15) is 12.4 Å². The molecule has 0 spiro atoms. The number of amidine groups is 1. The zero-order valence-corrected chi connectivity index (χ0v) is 23.1. The van der Waals surface area contributed by atoms with E-state index in [1.807, 2.05) is 105 Å². The lowest BCUT2D eigenvalue weighted by atomic mass is 10.2. The quantitative estimate of drug-likeness (QED) is 0.222. The molecule has 1 amide bonds. The van der Waals surface area contributed by atoms with Crippen molar-refractivity contribution in [2.75, 3.05) is 4.90 Å². The number of thioether (sulfide) groups is 1. The third-order valence-corrected chi connectivity index (χ3v) is 7.39. The number of carbonyl (C=O) groups is 1. The third kappa shape index (κ3) is 6.13. The Kier molecular flexibility index (Phi) is 7.89. The molecule has 0 bridgehead atoms. The van der Waals surface area contributed by atoms with Crippen molar-refractivity contribution in [3.05, 3.63) is 128 Å². The maximum Gasteiger partial charge on any atom is 0.271 e. The largest absolute Gasteiger partial charge is 0.487 e. The number of hydrogen-bond acceptors (Lipinski definition) is 4. The summed E-state index contributed by atoms with van der Waals surface area (Å²) in [7, 11) is 0. The molecular weight excluding hydrogens is 535 g/mol. The van der Waals surface area contributed by atoms with Gasteiger partial charge in [0, 0.05) is 5.02 Å². The van der Waals surface area contributed by atoms with Crippen LogP contribution in [0, 0.1) is 13.8 Å². The van der Waals surface area contributed by atoms with Crippen LogP contribution in [-0.4, -0.2) is 11.1 Å². The smallest absolute Gasteiger partial charge is 0.271 e. The van der Waals surface area contributed by atoms with Crippen molar-refractivity contribution in [3.8, 4) is 5.75 Å². The number of ether oxygens (including phenoxy) is 1. The Labute approximate surface area is 236 Å². The first-order valence-corrected chi connectivity index (χ1v) is 13.6. The second-order valence-electron chi connectivity index (χ2n) is 8.93. The van der Waals surface area contributed by atoms with Crippen LogP contribution in [0.3, 0.4) is 0 Å². The summed E-state index contributed by atoms with van der Waals surface area (Å²) >= 11 is 13.9. The molecule has 4 nitrogen and oxygen atoms in total. The summed E-state index contributed by atoms with van der Waals surface area (Å²) in [5.41, 5.74) is 5.56. The van der Waals surface area contributed by atoms with E-state index in [9.17, 15) is 4.79 Å². The minimum absolute atomic E-state index is 0.137. The molecule has 1 heterocycles. The predicted octanol–water partition coefficient (Wildman–Crippen LogP) is 9.00. The van der Waals surface area contributed by atoms with E-state index in [1.54, 1.807) is 11.0 Å². The van der Waals surface area contributed by atoms with Crippen molar-refractivity contribution in [3.63, 3.8) is 0 Å². The molecule has 1 aliphatic rings. The van der Waals surface area contributed by atoms with Crippen molar-refractivity contribution in [1.29, 1.82) is 0 Å². The van der Waals surface area contributed by atoms with E-state index in [1.165, 1.54) is 11.8 Å². The van der Waals surface area contributed by atoms with Crippen LogP contribution in [0.15, 0.2) is 101 Å². The van der Waals surface area contributed by atoms with Crippen LogP contribution in [0.5, 0.6) is 5.75 Å². The molecule has 0 atom stereocenters. The Morgan fingerprint density at radius 1 is 0.895 bits per heavy atom. The summed E-state index contributed by atoms with van der Waals surface area (Å²) in [5.74, 6) is 0.421. The SMILES string of the molecule is Cc1ccc(N=C2S/C(=C\c3ccc(OCc4cccc(Cl)c4)c(Cl)c3)C(=O)N2c2ccc(C)cc2)cc1. The molecule has 0 saturated carbocycles. The van der Waals surface area contributed by atoms with Gasteiger partial charge >= 0.3 is 0 Å². The average molecular weight is 560 g/mol. The van der Waals surface area contributed by atoms with Gasteiger partial charge < -0.3 is 4.74 Å². The minimum atomic E-state index is -0.137. The third-order valence-electron chi connectivity index (χ3n) is 5.89. The van der Waals surface area contributed by atoms with Gasteiger partial charge in [0.2, 0.25) is 0 Å². The van der Waals surface area contributed by atoms with Crippen molar-refractivity contribution < 1.29 is 9.53 Å². The van der Waals surface area contributed by atoms with Gasteiger partial charge in [0.05, 0.1) is 21.3 Å². The van der Waals surface area contributed by atoms with Crippen LogP contribution >= 0.6 is 35.0 Å². The van der Waals surface area contributed by atoms with E-state index >= 15 is 0 Å². The van der Waals surface area contributed by atoms with Crippen LogP contribution in [0.25, 0.3) is 6.08 Å². The average Bonchev–Trinajstić information content (AvgIpc) is 3.19. The lowest BCUT2D eigenvalue weighted by molar-refractivity contribution is -0.113. The molecule has 4 aromatic rings. The number of carbonyl (C=O) groups excluding carboxylic acids is 1. The Morgan fingerprint density at radius 2 is 1.61 bits per heavy atom. The molecular formula is C31H24Cl2N2O2S. The van der Waals surface area contributed by atoms with Crippen molar-refractivity contribution in [2.24, 2.45) is 4.99 Å². The second kappa shape index (κ2) is 11.5. The van der Waals surface area contributed by atoms with E-state index < -0.39 is 0 Å². The highest BCUT2D eigenvalue weighted by Crippen LogP contribution is 2.38. The summed E-state index contributed by atoms with van der Waals surface area (Å²) in [6, 6.07) is 28.7. The van der Waals surface area contributed by atoms with Crippen molar-refractivity contribution in [2.45, 2.75) is 20.5 Å². The van der Waals surface area contributed by atoms with Gasteiger partial charge in [-0.1, -0.05) is 76.8 Å². The summed E-state index contributed by atoms with van der Waals surface area (Å²) in [6.45, 7) is 4.39. The molecule has 1 aliphatic heterocycles. The highest BCUT2D eigenvalue weighted by Gasteiger charge is 2.34. The summed E-state index contributed by atoms with van der Waals surface area (Å²) in [6.07, 6.45) is 1.83. The number of halogens is 2. The van der Waals surface area contributed by atoms with E-state index in [-0.39, 0.29) is 5.91 Å². The molecule has 7 heteroatoms. The van der Waals surface area contributed by atoms with Gasteiger partial charge in [-0.25, -0.2) is 4.99 Å². The standard InChI is InChI=1S/C31H24Cl2N2O2S/c1-20-6-11-25(12-7-20)34-31-35(26-13-8-21(2)9-14-26)30(36)29(38-31)18-22-10-15-28(27(33)17-22)37-19-23-4-3-5-24(32)16-23/h3-18H,19H2,1-2H3/b29-18-,34-31?. The monoisotopic (exact) mass is 558 g/mol. The van der Waals surface area contributed by atoms with E-state index in [4.69, 9.17) is 32.9 Å². The zero-order valence-electron chi connectivity index (χ0n) is 20.8. The maximum absolute atomic E-state index is 13.6. The Balaban J connectivity index is 1.41. The van der Waals surface area contributed by atoms with Crippen LogP contribution in [0.4, 0.5) is 11.4 Å². The van der Waals surface area contributed by atoms with Crippen molar-refractivity contribution >= 4 is 63.5 Å². The van der Waals surface area contributed by atoms with E-state index in [2.05, 4.69) is 0 Å². The number of nitrogens with zero attached hydrogens (tertiary/aromatic N) is 2. The highest BCUT2D eigenvalue weighted by molar-refractivity contribution is 8.19. The van der Waals surface area contributed by atoms with E-state index in [0.717, 1.165) is 33.6 Å². The van der Waals surface area contributed by atoms with Gasteiger partial charge in [-0.05, 0) is 91.3 Å². The first kappa shape index (κ1) is 26.1. The Bertz CT molecular complexity index is 1550. The van der Waals surface area contributed by atoms with Crippen LogP contribution < -0.4 is 9.64 Å². The lowest BCUT2D eigenvalue weighted by Crippen LogP contribution is -2.28.